The minimum atomic E-state index is -5.12. The van der Waals surface area contributed by atoms with Gasteiger partial charge in [-0.2, -0.15) is 23.2 Å². The summed E-state index contributed by atoms with van der Waals surface area (Å²) in [6.45, 7) is 15.7. The molecule has 4 rings (SSSR count). The highest BCUT2D eigenvalue weighted by molar-refractivity contribution is 6.09. The average Bonchev–Trinajstić information content (AvgIpc) is 3.52. The first-order valence-electron chi connectivity index (χ1n) is 14.3. The van der Waals surface area contributed by atoms with Crippen LogP contribution in [-0.2, 0) is 32.3 Å². The number of carbonyl (C=O) groups is 3. The van der Waals surface area contributed by atoms with Crippen molar-refractivity contribution in [2.24, 2.45) is 0 Å². The number of ether oxygens (including phenoxy) is 3. The number of aryl methyl sites for hydroxylation is 1. The molecule has 44 heavy (non-hydrogen) atoms. The molecule has 15 heteroatoms. The molecule has 0 N–H and O–H groups in total. The van der Waals surface area contributed by atoms with Gasteiger partial charge in [0, 0.05) is 30.7 Å². The predicted octanol–water partition coefficient (Wildman–Crippen LogP) is 6.32. The van der Waals surface area contributed by atoms with E-state index in [2.05, 4.69) is 15.1 Å². The van der Waals surface area contributed by atoms with Gasteiger partial charge in [0.1, 0.15) is 28.2 Å². The van der Waals surface area contributed by atoms with Crippen LogP contribution in [0.4, 0.5) is 33.4 Å². The summed E-state index contributed by atoms with van der Waals surface area (Å²) < 4.78 is 61.0. The number of hydrogen-bond donors (Lipinski definition) is 0. The zero-order valence-electron chi connectivity index (χ0n) is 26.5. The smallest absolute Gasteiger partial charge is 0.437 e. The summed E-state index contributed by atoms with van der Waals surface area (Å²) >= 11 is 0. The van der Waals surface area contributed by atoms with Crippen LogP contribution in [0.1, 0.15) is 86.5 Å². The van der Waals surface area contributed by atoms with Gasteiger partial charge in [-0.1, -0.05) is 0 Å². The molecule has 0 saturated carbocycles. The quantitative estimate of drug-likeness (QED) is 0.353. The molecule has 1 spiro atoms. The van der Waals surface area contributed by atoms with Crippen molar-refractivity contribution in [3.05, 3.63) is 23.7 Å². The lowest BCUT2D eigenvalue weighted by Crippen LogP contribution is -2.45. The van der Waals surface area contributed by atoms with E-state index >= 15 is 0 Å². The van der Waals surface area contributed by atoms with Crippen molar-refractivity contribution in [3.63, 3.8) is 0 Å². The Morgan fingerprint density at radius 1 is 0.841 bits per heavy atom. The van der Waals surface area contributed by atoms with Crippen molar-refractivity contribution in [3.8, 4) is 11.4 Å². The number of rotatable bonds is 2. The molecule has 0 aliphatic carbocycles. The van der Waals surface area contributed by atoms with Crippen molar-refractivity contribution in [1.82, 2.24) is 24.6 Å². The van der Waals surface area contributed by atoms with Crippen LogP contribution in [0.5, 0.6) is 0 Å². The number of hydrogen-bond acceptors (Lipinski definition) is 9. The Morgan fingerprint density at radius 2 is 1.39 bits per heavy atom. The van der Waals surface area contributed by atoms with E-state index in [1.54, 1.807) is 36.4 Å². The molecule has 0 aromatic carbocycles. The maximum absolute atomic E-state index is 14.4. The Balaban J connectivity index is 1.71. The Hall–Kier alpha value is -3.91. The van der Waals surface area contributed by atoms with E-state index in [0.717, 1.165) is 11.9 Å². The molecule has 1 saturated heterocycles. The van der Waals surface area contributed by atoms with Crippen LogP contribution in [0.3, 0.4) is 0 Å². The number of imide groups is 1. The number of nitrogens with zero attached hydrogens (tertiary/aromatic N) is 6. The minimum absolute atomic E-state index is 0.0992. The Labute approximate surface area is 253 Å². The molecule has 1 atom stereocenters. The number of anilines is 1. The second kappa shape index (κ2) is 10.9. The molecule has 242 valence electrons. The lowest BCUT2D eigenvalue weighted by molar-refractivity contribution is -0.140. The molecule has 4 heterocycles. The van der Waals surface area contributed by atoms with E-state index in [1.165, 1.54) is 41.5 Å². The summed E-state index contributed by atoms with van der Waals surface area (Å²) in [5.74, 6) is -1.09. The molecule has 3 amide bonds. The van der Waals surface area contributed by atoms with Crippen LogP contribution < -0.4 is 4.90 Å². The monoisotopic (exact) mass is 624 g/mol. The third-order valence-electron chi connectivity index (χ3n) is 6.78. The van der Waals surface area contributed by atoms with Gasteiger partial charge in [0.15, 0.2) is 11.5 Å². The van der Waals surface area contributed by atoms with E-state index < -0.39 is 58.2 Å². The van der Waals surface area contributed by atoms with Crippen molar-refractivity contribution in [2.45, 2.75) is 110 Å². The second-order valence-corrected chi connectivity index (χ2v) is 14.0. The lowest BCUT2D eigenvalue weighted by atomic mass is 9.82. The number of carbonyl (C=O) groups excluding carboxylic acids is 3. The van der Waals surface area contributed by atoms with Gasteiger partial charge in [0.2, 0.25) is 0 Å². The molecule has 2 aromatic heterocycles. The molecule has 2 aliphatic heterocycles. The van der Waals surface area contributed by atoms with Crippen LogP contribution in [0, 0.1) is 0 Å². The average molecular weight is 625 g/mol. The van der Waals surface area contributed by atoms with Gasteiger partial charge in [-0.25, -0.2) is 24.4 Å². The van der Waals surface area contributed by atoms with E-state index in [1.807, 2.05) is 0 Å². The third-order valence-corrected chi connectivity index (χ3v) is 6.78. The molecular weight excluding hydrogens is 585 g/mol. The first-order chi connectivity index (χ1) is 20.0. The van der Waals surface area contributed by atoms with Gasteiger partial charge >= 0.3 is 24.5 Å². The topological polar surface area (TPSA) is 129 Å². The van der Waals surface area contributed by atoms with Gasteiger partial charge in [-0.3, -0.25) is 4.68 Å². The Morgan fingerprint density at radius 3 is 1.91 bits per heavy atom. The van der Waals surface area contributed by atoms with Gasteiger partial charge in [-0.05, 0) is 81.2 Å². The molecule has 1 fully saturated rings. The zero-order valence-corrected chi connectivity index (χ0v) is 26.5. The highest BCUT2D eigenvalue weighted by Crippen LogP contribution is 2.44. The first-order valence-corrected chi connectivity index (χ1v) is 14.3. The predicted molar refractivity (Wildman–Crippen MR) is 152 cm³/mol. The van der Waals surface area contributed by atoms with Crippen molar-refractivity contribution in [1.29, 1.82) is 0 Å². The summed E-state index contributed by atoms with van der Waals surface area (Å²) in [5, 5.41) is 4.49. The normalized spacial score (nSPS) is 18.8. The third kappa shape index (κ3) is 7.24. The number of aromatic nitrogens is 4. The molecule has 0 unspecified atom stereocenters. The van der Waals surface area contributed by atoms with Crippen molar-refractivity contribution in [2.75, 3.05) is 18.0 Å². The number of halogens is 3. The van der Waals surface area contributed by atoms with Crippen molar-refractivity contribution < 1.29 is 41.8 Å². The molecule has 12 nitrogen and oxygen atoms in total. The van der Waals surface area contributed by atoms with Crippen LogP contribution in [0.25, 0.3) is 11.4 Å². The van der Waals surface area contributed by atoms with E-state index in [4.69, 9.17) is 14.2 Å². The molecule has 2 aromatic rings. The van der Waals surface area contributed by atoms with Crippen LogP contribution in [-0.4, -0.2) is 72.8 Å². The molecular formula is C29H39F3N6O6. The summed E-state index contributed by atoms with van der Waals surface area (Å²) in [7, 11) is 0. The van der Waals surface area contributed by atoms with Gasteiger partial charge in [0.25, 0.3) is 0 Å². The van der Waals surface area contributed by atoms with Crippen molar-refractivity contribution >= 4 is 24.1 Å². The number of likely N-dealkylation sites (tertiary alicyclic amines) is 1. The molecule has 0 radical (unpaired) electrons. The highest BCUT2D eigenvalue weighted by atomic mass is 19.4. The van der Waals surface area contributed by atoms with E-state index in [9.17, 15) is 27.6 Å². The Bertz CT molecular complexity index is 1430. The highest BCUT2D eigenvalue weighted by Gasteiger charge is 2.48. The fraction of sp³-hybridized carbons (Fsp3) is 0.655. The van der Waals surface area contributed by atoms with Gasteiger partial charge < -0.3 is 19.1 Å². The van der Waals surface area contributed by atoms with E-state index in [0.29, 0.717) is 32.5 Å². The van der Waals surface area contributed by atoms with Crippen LogP contribution in [0.2, 0.25) is 0 Å². The summed E-state index contributed by atoms with van der Waals surface area (Å²) in [6.07, 6.45) is -6.01. The molecule has 2 aliphatic rings. The standard InChI is InChI=1S/C29H39F3N6O6/c1-25(2,3)42-22(39)36-12-10-28(16-36)11-13-37-19(28)14-17(35-37)18-15-33-21(20(34-18)29(30,31)32)38(23(40)43-26(4,5)6)24(41)44-27(7,8)9/h14-15H,10-13,16H2,1-9H3/t28-/m1/s1. The van der Waals surface area contributed by atoms with Gasteiger partial charge in [0.05, 0.1) is 6.20 Å². The van der Waals surface area contributed by atoms with Crippen LogP contribution in [0.15, 0.2) is 12.3 Å². The van der Waals surface area contributed by atoms with Gasteiger partial charge in [-0.15, -0.1) is 0 Å². The number of amides is 3. The maximum atomic E-state index is 14.4. The summed E-state index contributed by atoms with van der Waals surface area (Å²) in [6, 6.07) is 1.65. The minimum Gasteiger partial charge on any atom is -0.444 e. The fourth-order valence-corrected chi connectivity index (χ4v) is 5.08. The Kier molecular flexibility index (Phi) is 8.18. The summed E-state index contributed by atoms with van der Waals surface area (Å²) in [5.41, 5.74) is -4.29. The number of fused-ring (bicyclic) bond motifs is 2. The lowest BCUT2D eigenvalue weighted by Gasteiger charge is -2.28. The first kappa shape index (κ1) is 33.0. The fourth-order valence-electron chi connectivity index (χ4n) is 5.08. The van der Waals surface area contributed by atoms with E-state index in [-0.39, 0.29) is 16.3 Å². The van der Waals surface area contributed by atoms with Crippen LogP contribution >= 0.6 is 0 Å². The zero-order chi connectivity index (χ0) is 33.0. The molecule has 0 bridgehead atoms. The SMILES string of the molecule is CC(C)(C)OC(=O)N1CC[C@@]2(CCn3nc(-c4cnc(N(C(=O)OC(C)(C)C)C(=O)OC(C)(C)C)c(C(F)(F)F)n4)cc32)C1. The largest absolute Gasteiger partial charge is 0.444 e. The number of alkyl halides is 3. The second-order valence-electron chi connectivity index (χ2n) is 14.0. The maximum Gasteiger partial charge on any atom is 0.437 e. The summed E-state index contributed by atoms with van der Waals surface area (Å²) in [4.78, 5) is 48.2.